The predicted molar refractivity (Wildman–Crippen MR) is 128 cm³/mol. The van der Waals surface area contributed by atoms with Gasteiger partial charge >= 0.3 is 0 Å². The van der Waals surface area contributed by atoms with Gasteiger partial charge in [-0.05, 0) is 18.2 Å². The molecule has 0 atom stereocenters. The number of nitrogens with zero attached hydrogens (tertiary/aromatic N) is 3. The molecule has 0 aliphatic heterocycles. The highest BCUT2D eigenvalue weighted by Crippen LogP contribution is 2.40. The molecule has 0 spiro atoms. The van der Waals surface area contributed by atoms with E-state index in [0.29, 0.717) is 22.5 Å². The third kappa shape index (κ3) is 3.13. The van der Waals surface area contributed by atoms with Gasteiger partial charge in [0.2, 0.25) is 0 Å². The van der Waals surface area contributed by atoms with Gasteiger partial charge in [0.1, 0.15) is 11.2 Å². The average molecular weight is 434 g/mol. The first-order valence-corrected chi connectivity index (χ1v) is 10.6. The van der Waals surface area contributed by atoms with Crippen LogP contribution in [0.2, 0.25) is 5.02 Å². The van der Waals surface area contributed by atoms with Crippen LogP contribution < -0.4 is 0 Å². The normalized spacial score (nSPS) is 11.3. The Kier molecular flexibility index (Phi) is 4.44. The number of hydrogen-bond acceptors (Lipinski definition) is 4. The van der Waals surface area contributed by atoms with Crippen molar-refractivity contribution in [2.24, 2.45) is 0 Å². The summed E-state index contributed by atoms with van der Waals surface area (Å²) in [5.41, 5.74) is 4.11. The fourth-order valence-electron chi connectivity index (χ4n) is 3.93. The Balaban J connectivity index is 1.69. The zero-order valence-electron chi connectivity index (χ0n) is 16.9. The monoisotopic (exact) mass is 433 g/mol. The molecule has 0 N–H and O–H groups in total. The summed E-state index contributed by atoms with van der Waals surface area (Å²) in [6.45, 7) is 0. The van der Waals surface area contributed by atoms with Crippen molar-refractivity contribution in [2.45, 2.75) is 0 Å². The first-order chi connectivity index (χ1) is 15.8. The maximum Gasteiger partial charge on any atom is 0.166 e. The molecular weight excluding hydrogens is 418 g/mol. The molecule has 2 heterocycles. The van der Waals surface area contributed by atoms with Crippen LogP contribution in [-0.2, 0) is 0 Å². The van der Waals surface area contributed by atoms with Crippen LogP contribution in [0.5, 0.6) is 0 Å². The number of para-hydroxylation sites is 1. The van der Waals surface area contributed by atoms with E-state index in [1.807, 2.05) is 97.1 Å². The van der Waals surface area contributed by atoms with Crippen molar-refractivity contribution in [3.63, 3.8) is 0 Å². The third-order valence-electron chi connectivity index (χ3n) is 5.42. The molecule has 152 valence electrons. The lowest BCUT2D eigenvalue weighted by atomic mass is 10.1. The molecular formula is C27H16ClN3O. The van der Waals surface area contributed by atoms with E-state index in [2.05, 4.69) is 0 Å². The molecule has 0 saturated heterocycles. The highest BCUT2D eigenvalue weighted by atomic mass is 35.5. The van der Waals surface area contributed by atoms with Crippen LogP contribution >= 0.6 is 11.6 Å². The standard InChI is InChI=1S/C27H16ClN3O/c28-20-15-16-22-23(19-13-7-8-14-21(19)32-22)24(20)27-30-25(17-9-3-1-4-10-17)29-26(31-27)18-11-5-2-6-12-18/h1-16H. The summed E-state index contributed by atoms with van der Waals surface area (Å²) >= 11 is 6.75. The fraction of sp³-hybridized carbons (Fsp3) is 0. The van der Waals surface area contributed by atoms with Crippen molar-refractivity contribution < 1.29 is 4.42 Å². The van der Waals surface area contributed by atoms with Crippen molar-refractivity contribution >= 4 is 33.5 Å². The molecule has 0 fully saturated rings. The Morgan fingerprint density at radius 2 is 1.09 bits per heavy atom. The first-order valence-electron chi connectivity index (χ1n) is 10.2. The van der Waals surface area contributed by atoms with Gasteiger partial charge in [-0.2, -0.15) is 0 Å². The summed E-state index contributed by atoms with van der Waals surface area (Å²) in [5.74, 6) is 1.70. The molecule has 2 aromatic heterocycles. The molecule has 0 aliphatic rings. The van der Waals surface area contributed by atoms with E-state index >= 15 is 0 Å². The van der Waals surface area contributed by atoms with Gasteiger partial charge in [-0.3, -0.25) is 0 Å². The van der Waals surface area contributed by atoms with Crippen molar-refractivity contribution in [3.8, 4) is 34.2 Å². The van der Waals surface area contributed by atoms with Crippen molar-refractivity contribution in [1.29, 1.82) is 0 Å². The van der Waals surface area contributed by atoms with Crippen LogP contribution in [0.3, 0.4) is 0 Å². The number of fused-ring (bicyclic) bond motifs is 3. The van der Waals surface area contributed by atoms with Gasteiger partial charge in [-0.1, -0.05) is 90.5 Å². The third-order valence-corrected chi connectivity index (χ3v) is 5.73. The topological polar surface area (TPSA) is 51.8 Å². The smallest absolute Gasteiger partial charge is 0.166 e. The highest BCUT2D eigenvalue weighted by molar-refractivity contribution is 6.35. The minimum Gasteiger partial charge on any atom is -0.456 e. The van der Waals surface area contributed by atoms with E-state index in [4.69, 9.17) is 31.0 Å². The van der Waals surface area contributed by atoms with Crippen molar-refractivity contribution in [1.82, 2.24) is 15.0 Å². The molecule has 6 aromatic rings. The number of halogens is 1. The maximum absolute atomic E-state index is 6.75. The van der Waals surface area contributed by atoms with Gasteiger partial charge in [-0.25, -0.2) is 15.0 Å². The highest BCUT2D eigenvalue weighted by Gasteiger charge is 2.20. The lowest BCUT2D eigenvalue weighted by Crippen LogP contribution is -2.00. The zero-order valence-corrected chi connectivity index (χ0v) is 17.6. The van der Waals surface area contributed by atoms with Crippen LogP contribution in [0.4, 0.5) is 0 Å². The van der Waals surface area contributed by atoms with E-state index in [1.54, 1.807) is 0 Å². The van der Waals surface area contributed by atoms with Gasteiger partial charge in [0.25, 0.3) is 0 Å². The molecule has 0 saturated carbocycles. The molecule has 4 aromatic carbocycles. The molecule has 0 radical (unpaired) electrons. The van der Waals surface area contributed by atoms with Crippen LogP contribution in [-0.4, -0.2) is 15.0 Å². The number of furan rings is 1. The summed E-state index contributed by atoms with van der Waals surface area (Å²) in [6, 6.07) is 31.4. The van der Waals surface area contributed by atoms with Crippen LogP contribution in [0.25, 0.3) is 56.1 Å². The second-order valence-corrected chi connectivity index (χ2v) is 7.84. The van der Waals surface area contributed by atoms with E-state index in [1.165, 1.54) is 0 Å². The van der Waals surface area contributed by atoms with Gasteiger partial charge in [0, 0.05) is 27.5 Å². The summed E-state index contributed by atoms with van der Waals surface area (Å²) in [4.78, 5) is 14.5. The minimum absolute atomic E-state index is 0.514. The number of hydrogen-bond donors (Lipinski definition) is 0. The molecule has 4 nitrogen and oxygen atoms in total. The van der Waals surface area contributed by atoms with Crippen LogP contribution in [0.15, 0.2) is 101 Å². The first kappa shape index (κ1) is 18.7. The molecule has 6 rings (SSSR count). The Morgan fingerprint density at radius 3 is 1.75 bits per heavy atom. The minimum atomic E-state index is 0.514. The van der Waals surface area contributed by atoms with E-state index in [9.17, 15) is 0 Å². The summed E-state index contributed by atoms with van der Waals surface area (Å²) < 4.78 is 6.07. The van der Waals surface area contributed by atoms with Gasteiger partial charge in [-0.15, -0.1) is 0 Å². The Hall–Kier alpha value is -4.02. The van der Waals surface area contributed by atoms with Gasteiger partial charge in [0.05, 0.1) is 5.02 Å². The predicted octanol–water partition coefficient (Wildman–Crippen LogP) is 7.43. The molecule has 32 heavy (non-hydrogen) atoms. The van der Waals surface area contributed by atoms with Crippen molar-refractivity contribution in [2.75, 3.05) is 0 Å². The second kappa shape index (κ2) is 7.59. The number of aromatic nitrogens is 3. The van der Waals surface area contributed by atoms with Crippen LogP contribution in [0.1, 0.15) is 0 Å². The van der Waals surface area contributed by atoms with E-state index in [-0.39, 0.29) is 0 Å². The second-order valence-electron chi connectivity index (χ2n) is 7.43. The quantitative estimate of drug-likeness (QED) is 0.291. The average Bonchev–Trinajstić information content (AvgIpc) is 3.23. The molecule has 5 heteroatoms. The number of benzene rings is 4. The van der Waals surface area contributed by atoms with E-state index < -0.39 is 0 Å². The largest absolute Gasteiger partial charge is 0.456 e. The molecule has 0 unspecified atom stereocenters. The van der Waals surface area contributed by atoms with Gasteiger partial charge in [0.15, 0.2) is 17.5 Å². The van der Waals surface area contributed by atoms with E-state index in [0.717, 1.165) is 38.6 Å². The summed E-state index contributed by atoms with van der Waals surface area (Å²) in [6.07, 6.45) is 0. The summed E-state index contributed by atoms with van der Waals surface area (Å²) in [5, 5.41) is 2.44. The number of rotatable bonds is 3. The zero-order chi connectivity index (χ0) is 21.5. The Bertz CT molecular complexity index is 1520. The Labute approximate surface area is 189 Å². The lowest BCUT2D eigenvalue weighted by Gasteiger charge is -2.10. The summed E-state index contributed by atoms with van der Waals surface area (Å²) in [7, 11) is 0. The van der Waals surface area contributed by atoms with Crippen molar-refractivity contribution in [3.05, 3.63) is 102 Å². The van der Waals surface area contributed by atoms with Gasteiger partial charge < -0.3 is 4.42 Å². The fourth-order valence-corrected chi connectivity index (χ4v) is 4.17. The Morgan fingerprint density at radius 1 is 0.531 bits per heavy atom. The molecule has 0 bridgehead atoms. The maximum atomic E-state index is 6.75. The lowest BCUT2D eigenvalue weighted by molar-refractivity contribution is 0.669. The molecule has 0 amide bonds. The molecule has 0 aliphatic carbocycles. The SMILES string of the molecule is Clc1ccc2oc3ccccc3c2c1-c1nc(-c2ccccc2)nc(-c2ccccc2)n1. The van der Waals surface area contributed by atoms with Crippen LogP contribution in [0, 0.1) is 0 Å².